The van der Waals surface area contributed by atoms with Crippen LogP contribution in [0.25, 0.3) is 0 Å². The van der Waals surface area contributed by atoms with Gasteiger partial charge in [-0.05, 0) is 66.1 Å². The van der Waals surface area contributed by atoms with Crippen molar-refractivity contribution in [3.63, 3.8) is 0 Å². The van der Waals surface area contributed by atoms with E-state index in [1.807, 2.05) is 12.1 Å². The van der Waals surface area contributed by atoms with Crippen LogP contribution in [0.4, 0.5) is 24.7 Å². The summed E-state index contributed by atoms with van der Waals surface area (Å²) in [5, 5.41) is 5.59. The van der Waals surface area contributed by atoms with E-state index < -0.39 is 35.4 Å². The zero-order valence-electron chi connectivity index (χ0n) is 22.1. The van der Waals surface area contributed by atoms with Crippen molar-refractivity contribution in [1.29, 1.82) is 0 Å². The summed E-state index contributed by atoms with van der Waals surface area (Å²) in [4.78, 5) is 44.6. The fourth-order valence-corrected chi connectivity index (χ4v) is 6.08. The van der Waals surface area contributed by atoms with E-state index in [-0.39, 0.29) is 31.8 Å². The lowest BCUT2D eigenvalue weighted by Gasteiger charge is -2.29. The number of hydrogen-bond donors (Lipinski definition) is 3. The molecule has 41 heavy (non-hydrogen) atoms. The molecule has 0 saturated heterocycles. The highest BCUT2D eigenvalue weighted by atomic mass is 19.4. The van der Waals surface area contributed by atoms with Crippen LogP contribution in [0.3, 0.4) is 0 Å². The zero-order chi connectivity index (χ0) is 29.0. The molecule has 1 aliphatic heterocycles. The van der Waals surface area contributed by atoms with Gasteiger partial charge in [0.1, 0.15) is 17.8 Å². The fourth-order valence-electron chi connectivity index (χ4n) is 6.08. The maximum Gasteiger partial charge on any atom is 0.403 e. The van der Waals surface area contributed by atoms with Gasteiger partial charge in [-0.25, -0.2) is 4.98 Å². The molecule has 212 valence electrons. The van der Waals surface area contributed by atoms with E-state index in [9.17, 15) is 27.6 Å². The summed E-state index contributed by atoms with van der Waals surface area (Å²) in [7, 11) is 0. The van der Waals surface area contributed by atoms with Gasteiger partial charge in [-0.15, -0.1) is 0 Å². The average molecular weight is 564 g/mol. The van der Waals surface area contributed by atoms with Crippen LogP contribution in [-0.2, 0) is 45.7 Å². The van der Waals surface area contributed by atoms with Gasteiger partial charge in [-0.2, -0.15) is 13.2 Å². The largest absolute Gasteiger partial charge is 0.403 e. The van der Waals surface area contributed by atoms with Crippen molar-refractivity contribution < 1.29 is 27.6 Å². The van der Waals surface area contributed by atoms with E-state index in [1.54, 1.807) is 48.7 Å². The van der Waals surface area contributed by atoms with Crippen molar-refractivity contribution in [3.05, 3.63) is 88.6 Å². The molecular weight excluding hydrogens is 535 g/mol. The number of benzene rings is 2. The number of carbonyl (C=O) groups excluding carboxylic acids is 3. The molecule has 3 aliphatic rings. The third kappa shape index (κ3) is 4.54. The lowest BCUT2D eigenvalue weighted by Crippen LogP contribution is -2.46. The number of aromatic nitrogens is 1. The van der Waals surface area contributed by atoms with Crippen molar-refractivity contribution in [2.75, 3.05) is 17.2 Å². The highest BCUT2D eigenvalue weighted by molar-refractivity contribution is 6.06. The van der Waals surface area contributed by atoms with Gasteiger partial charge in [0.25, 0.3) is 0 Å². The summed E-state index contributed by atoms with van der Waals surface area (Å²) in [5.41, 5.74) is 6.95. The van der Waals surface area contributed by atoms with Crippen LogP contribution in [-0.4, -0.2) is 40.3 Å². The zero-order valence-corrected chi connectivity index (χ0v) is 22.1. The predicted octanol–water partition coefficient (Wildman–Crippen LogP) is 3.84. The Labute approximate surface area is 234 Å². The van der Waals surface area contributed by atoms with Gasteiger partial charge in [0.2, 0.25) is 17.7 Å². The van der Waals surface area contributed by atoms with E-state index in [0.29, 0.717) is 35.5 Å². The molecule has 2 heterocycles. The molecule has 1 atom stereocenters. The van der Waals surface area contributed by atoms with Gasteiger partial charge in [-0.3, -0.25) is 14.4 Å². The van der Waals surface area contributed by atoms with Crippen LogP contribution in [0.2, 0.25) is 0 Å². The van der Waals surface area contributed by atoms with Crippen LogP contribution >= 0.6 is 0 Å². The molecule has 3 amide bonds. The summed E-state index contributed by atoms with van der Waals surface area (Å²) in [5.74, 6) is -1.31. The topological polar surface area (TPSA) is 117 Å². The molecule has 11 heteroatoms. The number of amides is 3. The molecule has 0 bridgehead atoms. The van der Waals surface area contributed by atoms with Crippen molar-refractivity contribution in [1.82, 2.24) is 9.88 Å². The Balaban J connectivity index is 1.21. The van der Waals surface area contributed by atoms with Gasteiger partial charge in [-0.1, -0.05) is 36.4 Å². The SMILES string of the molecule is NCc1ccccc1CN(CC(=O)Nc1ccc2c(c1)C[C@@]1(C2)C(=O)Nc2ncccc21)C(=O)C1(C(F)(F)F)CC1. The van der Waals surface area contributed by atoms with E-state index in [4.69, 9.17) is 5.73 Å². The number of alkyl halides is 3. The molecule has 0 unspecified atom stereocenters. The Hall–Kier alpha value is -4.25. The number of pyridine rings is 1. The molecule has 0 radical (unpaired) electrons. The molecule has 1 fully saturated rings. The Morgan fingerprint density at radius 3 is 2.46 bits per heavy atom. The molecular formula is C30H28F3N5O3. The second-order valence-electron chi connectivity index (χ2n) is 11.0. The second-order valence-corrected chi connectivity index (χ2v) is 11.0. The van der Waals surface area contributed by atoms with Crippen LogP contribution in [0.5, 0.6) is 0 Å². The number of rotatable bonds is 7. The molecule has 1 spiro atoms. The number of halogens is 3. The number of hydrogen-bond acceptors (Lipinski definition) is 5. The normalized spacial score (nSPS) is 19.9. The number of nitrogens with two attached hydrogens (primary N) is 1. The van der Waals surface area contributed by atoms with Gasteiger partial charge in [0, 0.05) is 30.5 Å². The fraction of sp³-hybridized carbons (Fsp3) is 0.333. The predicted molar refractivity (Wildman–Crippen MR) is 144 cm³/mol. The first-order chi connectivity index (χ1) is 19.6. The summed E-state index contributed by atoms with van der Waals surface area (Å²) in [6.07, 6.45) is -2.77. The van der Waals surface area contributed by atoms with Gasteiger partial charge in [0.05, 0.1) is 5.41 Å². The van der Waals surface area contributed by atoms with Crippen LogP contribution < -0.4 is 16.4 Å². The Morgan fingerprint density at radius 1 is 1.02 bits per heavy atom. The van der Waals surface area contributed by atoms with Crippen LogP contribution in [0.1, 0.15) is 40.7 Å². The summed E-state index contributed by atoms with van der Waals surface area (Å²) >= 11 is 0. The third-order valence-electron chi connectivity index (χ3n) is 8.49. The minimum atomic E-state index is -4.71. The smallest absolute Gasteiger partial charge is 0.328 e. The number of nitrogens with one attached hydrogen (secondary N) is 2. The first kappa shape index (κ1) is 26.9. The molecule has 2 aromatic carbocycles. The van der Waals surface area contributed by atoms with Crippen molar-refractivity contribution >= 4 is 29.2 Å². The van der Waals surface area contributed by atoms with E-state index in [1.165, 1.54) is 0 Å². The lowest BCUT2D eigenvalue weighted by molar-refractivity contribution is -0.199. The van der Waals surface area contributed by atoms with E-state index >= 15 is 0 Å². The van der Waals surface area contributed by atoms with Crippen LogP contribution in [0.15, 0.2) is 60.8 Å². The molecule has 6 rings (SSSR count). The Bertz CT molecular complexity index is 1570. The average Bonchev–Trinajstić information content (AvgIpc) is 3.62. The highest BCUT2D eigenvalue weighted by Gasteiger charge is 2.69. The standard InChI is InChI=1S/C30H28F3N5O3/c31-30(32,33)29(9-10-29)27(41)38(16-20-5-2-1-4-19(20)15-34)17-24(39)36-22-8-7-18-13-28(14-21(18)12-22)23-6-3-11-35-25(23)37-26(28)40/h1-8,11-12H,9-10,13-17,34H2,(H,36,39)(H,35,37,40)/t28-/m1/s1. The number of carbonyl (C=O) groups is 3. The summed E-state index contributed by atoms with van der Waals surface area (Å²) in [6, 6.07) is 15.9. The molecule has 1 aromatic heterocycles. The second kappa shape index (κ2) is 9.69. The molecule has 8 nitrogen and oxygen atoms in total. The monoisotopic (exact) mass is 563 g/mol. The molecule has 2 aliphatic carbocycles. The molecule has 3 aromatic rings. The van der Waals surface area contributed by atoms with E-state index in [2.05, 4.69) is 15.6 Å². The minimum Gasteiger partial charge on any atom is -0.328 e. The van der Waals surface area contributed by atoms with Crippen molar-refractivity contribution in [2.24, 2.45) is 11.1 Å². The maximum atomic E-state index is 13.8. The first-order valence-electron chi connectivity index (χ1n) is 13.4. The number of nitrogens with zero attached hydrogens (tertiary/aromatic N) is 2. The van der Waals surface area contributed by atoms with Gasteiger partial charge < -0.3 is 21.3 Å². The highest BCUT2D eigenvalue weighted by Crippen LogP contribution is 2.58. The van der Waals surface area contributed by atoms with Gasteiger partial charge in [0.15, 0.2) is 0 Å². The minimum absolute atomic E-state index is 0.126. The summed E-state index contributed by atoms with van der Waals surface area (Å²) in [6.45, 7) is -0.589. The maximum absolute atomic E-state index is 13.8. The number of fused-ring (bicyclic) bond motifs is 3. The number of anilines is 2. The lowest BCUT2D eigenvalue weighted by atomic mass is 9.79. The molecule has 1 saturated carbocycles. The van der Waals surface area contributed by atoms with Gasteiger partial charge >= 0.3 is 6.18 Å². The third-order valence-corrected chi connectivity index (χ3v) is 8.49. The van der Waals surface area contributed by atoms with Crippen molar-refractivity contribution in [3.8, 4) is 0 Å². The Morgan fingerprint density at radius 2 is 1.76 bits per heavy atom. The quantitative estimate of drug-likeness (QED) is 0.404. The molecule has 4 N–H and O–H groups in total. The Kier molecular flexibility index (Phi) is 6.37. The van der Waals surface area contributed by atoms with E-state index in [0.717, 1.165) is 21.6 Å². The first-order valence-corrected chi connectivity index (χ1v) is 13.4. The van der Waals surface area contributed by atoms with Crippen molar-refractivity contribution in [2.45, 2.75) is 50.4 Å². The van der Waals surface area contributed by atoms with Crippen LogP contribution in [0, 0.1) is 5.41 Å². The summed E-state index contributed by atoms with van der Waals surface area (Å²) < 4.78 is 41.5.